The van der Waals surface area contributed by atoms with Gasteiger partial charge < -0.3 is 25.2 Å². The number of rotatable bonds is 4. The van der Waals surface area contributed by atoms with E-state index in [9.17, 15) is 18.4 Å². The zero-order chi connectivity index (χ0) is 19.6. The maximum absolute atomic E-state index is 14.3. The van der Waals surface area contributed by atoms with Gasteiger partial charge in [-0.15, -0.1) is 0 Å². The molecule has 2 amide bonds. The number of carboxylic acid groups (broad SMARTS) is 1. The van der Waals surface area contributed by atoms with Crippen LogP contribution in [0.15, 0.2) is 30.3 Å². The highest BCUT2D eigenvalue weighted by Crippen LogP contribution is 2.37. The van der Waals surface area contributed by atoms with Crippen LogP contribution >= 0.6 is 0 Å². The van der Waals surface area contributed by atoms with Crippen LogP contribution in [0.5, 0.6) is 11.5 Å². The van der Waals surface area contributed by atoms with Crippen molar-refractivity contribution < 1.29 is 33.0 Å². The van der Waals surface area contributed by atoms with Gasteiger partial charge in [0.05, 0.1) is 30.9 Å². The number of hydrogen-bond acceptors (Lipinski definition) is 4. The van der Waals surface area contributed by atoms with Gasteiger partial charge >= 0.3 is 6.09 Å². The summed E-state index contributed by atoms with van der Waals surface area (Å²) in [5, 5.41) is 13.7. The fourth-order valence-electron chi connectivity index (χ4n) is 2.89. The van der Waals surface area contributed by atoms with E-state index in [0.29, 0.717) is 0 Å². The summed E-state index contributed by atoms with van der Waals surface area (Å²) < 4.78 is 38.1. The molecule has 3 N–H and O–H groups in total. The number of carbonyl (C=O) groups is 2. The highest BCUT2D eigenvalue weighted by Gasteiger charge is 2.30. The van der Waals surface area contributed by atoms with E-state index < -0.39 is 29.7 Å². The van der Waals surface area contributed by atoms with Gasteiger partial charge in [-0.05, 0) is 24.3 Å². The lowest BCUT2D eigenvalue weighted by molar-refractivity contribution is 0.102. The van der Waals surface area contributed by atoms with Crippen LogP contribution in [0.25, 0.3) is 0 Å². The number of anilines is 1. The monoisotopic (exact) mass is 378 g/mol. The van der Waals surface area contributed by atoms with Crippen molar-refractivity contribution in [1.29, 1.82) is 0 Å². The summed E-state index contributed by atoms with van der Waals surface area (Å²) in [6.45, 7) is 0.117. The third-order valence-electron chi connectivity index (χ3n) is 4.10. The van der Waals surface area contributed by atoms with Crippen LogP contribution in [0, 0.1) is 11.6 Å². The zero-order valence-electron chi connectivity index (χ0n) is 14.2. The molecule has 0 aromatic heterocycles. The summed E-state index contributed by atoms with van der Waals surface area (Å²) in [7, 11) is 1.30. The Labute approximate surface area is 152 Å². The number of carbonyl (C=O) groups excluding carboxylic acids is 1. The van der Waals surface area contributed by atoms with Crippen LogP contribution in [0.2, 0.25) is 0 Å². The van der Waals surface area contributed by atoms with E-state index in [-0.39, 0.29) is 41.3 Å². The first-order valence-corrected chi connectivity index (χ1v) is 8.00. The first-order valence-electron chi connectivity index (χ1n) is 8.00. The molecule has 142 valence electrons. The number of benzene rings is 2. The van der Waals surface area contributed by atoms with Gasteiger partial charge in [0.15, 0.2) is 11.6 Å². The summed E-state index contributed by atoms with van der Waals surface area (Å²) in [6.07, 6.45) is -1.07. The molecule has 0 aliphatic carbocycles. The summed E-state index contributed by atoms with van der Waals surface area (Å²) in [5.74, 6) is -1.94. The Balaban J connectivity index is 1.93. The fraction of sp³-hybridized carbons (Fsp3) is 0.222. The van der Waals surface area contributed by atoms with Crippen LogP contribution in [0.1, 0.15) is 28.4 Å². The predicted molar refractivity (Wildman–Crippen MR) is 91.3 cm³/mol. The van der Waals surface area contributed by atoms with Crippen LogP contribution in [0.3, 0.4) is 0 Å². The van der Waals surface area contributed by atoms with E-state index in [2.05, 4.69) is 10.6 Å². The number of amides is 2. The normalized spacial score (nSPS) is 15.3. The lowest BCUT2D eigenvalue weighted by Gasteiger charge is -2.27. The van der Waals surface area contributed by atoms with Crippen molar-refractivity contribution in [2.24, 2.45) is 0 Å². The quantitative estimate of drug-likeness (QED) is 0.758. The molecule has 9 heteroatoms. The van der Waals surface area contributed by atoms with Crippen molar-refractivity contribution in [2.45, 2.75) is 12.5 Å². The molecule has 0 spiro atoms. The third kappa shape index (κ3) is 3.76. The first kappa shape index (κ1) is 18.4. The molecule has 27 heavy (non-hydrogen) atoms. The van der Waals surface area contributed by atoms with Gasteiger partial charge in [-0.3, -0.25) is 4.79 Å². The van der Waals surface area contributed by atoms with Crippen LogP contribution < -0.4 is 20.1 Å². The molecule has 1 aliphatic rings. The molecule has 2 aromatic carbocycles. The summed E-state index contributed by atoms with van der Waals surface area (Å²) in [5.41, 5.74) is 0.284. The van der Waals surface area contributed by atoms with E-state index in [1.165, 1.54) is 25.3 Å². The fourth-order valence-corrected chi connectivity index (χ4v) is 2.89. The highest BCUT2D eigenvalue weighted by atomic mass is 19.1. The summed E-state index contributed by atoms with van der Waals surface area (Å²) in [4.78, 5) is 23.6. The second kappa shape index (κ2) is 7.48. The van der Waals surface area contributed by atoms with Gasteiger partial charge in [0, 0.05) is 18.2 Å². The van der Waals surface area contributed by atoms with Gasteiger partial charge in [0.2, 0.25) is 0 Å². The minimum Gasteiger partial charge on any atom is -0.494 e. The standard InChI is InChI=1S/C18H16F2N2O5/c1-26-14-8-9(2-4-11(14)19)21-17(23)10-3-5-12(20)15-13(22-18(24)25)6-7-27-16(10)15/h2-5,8,13,22H,6-7H2,1H3,(H,21,23)(H,24,25). The van der Waals surface area contributed by atoms with Crippen molar-refractivity contribution in [3.8, 4) is 11.5 Å². The Hall–Kier alpha value is -3.36. The van der Waals surface area contributed by atoms with Crippen LogP contribution in [0.4, 0.5) is 19.3 Å². The molecular weight excluding hydrogens is 362 g/mol. The second-order valence-corrected chi connectivity index (χ2v) is 5.78. The van der Waals surface area contributed by atoms with E-state index in [1.807, 2.05) is 0 Å². The van der Waals surface area contributed by atoms with Crippen LogP contribution in [-0.2, 0) is 0 Å². The van der Waals surface area contributed by atoms with Crippen molar-refractivity contribution >= 4 is 17.7 Å². The molecule has 0 bridgehead atoms. The summed E-state index contributed by atoms with van der Waals surface area (Å²) in [6, 6.07) is 5.28. The minimum absolute atomic E-state index is 0.0204. The molecule has 1 unspecified atom stereocenters. The molecule has 0 fully saturated rings. The molecule has 1 heterocycles. The van der Waals surface area contributed by atoms with Crippen molar-refractivity contribution in [2.75, 3.05) is 19.0 Å². The van der Waals surface area contributed by atoms with E-state index in [1.54, 1.807) is 0 Å². The van der Waals surface area contributed by atoms with Crippen molar-refractivity contribution in [3.63, 3.8) is 0 Å². The highest BCUT2D eigenvalue weighted by molar-refractivity contribution is 6.06. The average molecular weight is 378 g/mol. The predicted octanol–water partition coefficient (Wildman–Crippen LogP) is 3.32. The molecule has 3 rings (SSSR count). The van der Waals surface area contributed by atoms with E-state index in [0.717, 1.165) is 12.1 Å². The third-order valence-corrected chi connectivity index (χ3v) is 4.10. The Morgan fingerprint density at radius 1 is 1.22 bits per heavy atom. The maximum Gasteiger partial charge on any atom is 0.405 e. The topological polar surface area (TPSA) is 96.9 Å². The van der Waals surface area contributed by atoms with Gasteiger partial charge in [-0.2, -0.15) is 0 Å². The lowest BCUT2D eigenvalue weighted by atomic mass is 9.96. The zero-order valence-corrected chi connectivity index (χ0v) is 14.2. The summed E-state index contributed by atoms with van der Waals surface area (Å²) >= 11 is 0. The lowest BCUT2D eigenvalue weighted by Crippen LogP contribution is -2.32. The minimum atomic E-state index is -1.31. The van der Waals surface area contributed by atoms with Crippen LogP contribution in [-0.4, -0.2) is 30.8 Å². The van der Waals surface area contributed by atoms with E-state index in [4.69, 9.17) is 14.6 Å². The Bertz CT molecular complexity index is 904. The van der Waals surface area contributed by atoms with Crippen molar-refractivity contribution in [1.82, 2.24) is 5.32 Å². The largest absolute Gasteiger partial charge is 0.494 e. The molecular formula is C18H16F2N2O5. The number of methoxy groups -OCH3 is 1. The SMILES string of the molecule is COc1cc(NC(=O)c2ccc(F)c3c2OCCC3NC(=O)O)ccc1F. The molecule has 2 aromatic rings. The number of hydrogen-bond donors (Lipinski definition) is 3. The smallest absolute Gasteiger partial charge is 0.405 e. The first-order chi connectivity index (χ1) is 12.9. The Kier molecular flexibility index (Phi) is 5.11. The number of fused-ring (bicyclic) bond motifs is 1. The van der Waals surface area contributed by atoms with Gasteiger partial charge in [0.25, 0.3) is 5.91 Å². The maximum atomic E-state index is 14.3. The molecule has 0 saturated heterocycles. The number of halogens is 2. The second-order valence-electron chi connectivity index (χ2n) is 5.78. The molecule has 7 nitrogen and oxygen atoms in total. The Morgan fingerprint density at radius 2 is 1.96 bits per heavy atom. The van der Waals surface area contributed by atoms with Gasteiger partial charge in [-0.25, -0.2) is 13.6 Å². The molecule has 1 aliphatic heterocycles. The van der Waals surface area contributed by atoms with Crippen molar-refractivity contribution in [3.05, 3.63) is 53.1 Å². The molecule has 0 radical (unpaired) electrons. The van der Waals surface area contributed by atoms with Gasteiger partial charge in [0.1, 0.15) is 11.6 Å². The Morgan fingerprint density at radius 3 is 2.67 bits per heavy atom. The molecule has 0 saturated carbocycles. The van der Waals surface area contributed by atoms with E-state index >= 15 is 0 Å². The average Bonchev–Trinajstić information content (AvgIpc) is 2.63. The number of ether oxygens (including phenoxy) is 2. The number of nitrogens with one attached hydrogen (secondary N) is 2. The van der Waals surface area contributed by atoms with Gasteiger partial charge in [-0.1, -0.05) is 0 Å². The molecule has 1 atom stereocenters.